The highest BCUT2D eigenvalue weighted by molar-refractivity contribution is 6.31. The molecule has 3 atom stereocenters. The molecule has 1 aliphatic rings. The second-order valence-corrected chi connectivity index (χ2v) is 8.19. The molecule has 12 heteroatoms. The smallest absolute Gasteiger partial charge is 0.417 e. The van der Waals surface area contributed by atoms with Crippen LogP contribution in [0.3, 0.4) is 0 Å². The van der Waals surface area contributed by atoms with Crippen molar-refractivity contribution in [3.8, 4) is 0 Å². The predicted molar refractivity (Wildman–Crippen MR) is 111 cm³/mol. The SMILES string of the molecule is COC(=O)[C@H](c1ccc(F)cc1Cl)[C@H]1C=C[C@H](NC(=O)c2ccc(C(F)(F)F)cc2C(F)(F)F)C1. The van der Waals surface area contributed by atoms with Crippen LogP contribution in [0.1, 0.15) is 39.4 Å². The van der Waals surface area contributed by atoms with Gasteiger partial charge < -0.3 is 10.1 Å². The highest BCUT2D eigenvalue weighted by Crippen LogP contribution is 2.39. The minimum Gasteiger partial charge on any atom is -0.469 e. The maximum atomic E-state index is 13.4. The van der Waals surface area contributed by atoms with E-state index < -0.39 is 64.6 Å². The number of hydrogen-bond donors (Lipinski definition) is 1. The first-order valence-electron chi connectivity index (χ1n) is 10.0. The first-order valence-corrected chi connectivity index (χ1v) is 10.4. The molecule has 0 radical (unpaired) electrons. The van der Waals surface area contributed by atoms with Gasteiger partial charge in [0.05, 0.1) is 29.7 Å². The van der Waals surface area contributed by atoms with Crippen molar-refractivity contribution in [2.45, 2.75) is 30.7 Å². The topological polar surface area (TPSA) is 55.4 Å². The van der Waals surface area contributed by atoms with E-state index in [2.05, 4.69) is 5.32 Å². The molecule has 2 aromatic carbocycles. The third-order valence-electron chi connectivity index (χ3n) is 5.51. The first-order chi connectivity index (χ1) is 16.2. The van der Waals surface area contributed by atoms with E-state index in [0.717, 1.165) is 19.2 Å². The molecule has 35 heavy (non-hydrogen) atoms. The summed E-state index contributed by atoms with van der Waals surface area (Å²) in [6, 6.07) is 3.30. The van der Waals surface area contributed by atoms with Crippen molar-refractivity contribution in [3.63, 3.8) is 0 Å². The summed E-state index contributed by atoms with van der Waals surface area (Å²) >= 11 is 6.08. The van der Waals surface area contributed by atoms with E-state index in [4.69, 9.17) is 16.3 Å². The summed E-state index contributed by atoms with van der Waals surface area (Å²) in [7, 11) is 1.13. The maximum Gasteiger partial charge on any atom is 0.417 e. The van der Waals surface area contributed by atoms with E-state index in [9.17, 15) is 40.3 Å². The van der Waals surface area contributed by atoms with Crippen molar-refractivity contribution in [2.24, 2.45) is 5.92 Å². The molecule has 0 saturated heterocycles. The molecule has 188 valence electrons. The Balaban J connectivity index is 1.83. The van der Waals surface area contributed by atoms with Gasteiger partial charge in [-0.15, -0.1) is 0 Å². The van der Waals surface area contributed by atoms with Gasteiger partial charge in [-0.1, -0.05) is 29.8 Å². The molecular weight excluding hydrogens is 507 g/mol. The van der Waals surface area contributed by atoms with Crippen molar-refractivity contribution in [1.29, 1.82) is 0 Å². The Morgan fingerprint density at radius 3 is 2.29 bits per heavy atom. The van der Waals surface area contributed by atoms with Crippen LogP contribution in [0.5, 0.6) is 0 Å². The predicted octanol–water partition coefficient (Wildman–Crippen LogP) is 6.15. The summed E-state index contributed by atoms with van der Waals surface area (Å²) in [6.45, 7) is 0. The summed E-state index contributed by atoms with van der Waals surface area (Å²) < 4.78 is 97.0. The quantitative estimate of drug-likeness (QED) is 0.291. The van der Waals surface area contributed by atoms with Gasteiger partial charge in [0.1, 0.15) is 5.82 Å². The van der Waals surface area contributed by atoms with E-state index in [1.807, 2.05) is 0 Å². The van der Waals surface area contributed by atoms with Crippen LogP contribution in [0, 0.1) is 11.7 Å². The van der Waals surface area contributed by atoms with Gasteiger partial charge >= 0.3 is 18.3 Å². The molecule has 1 aliphatic carbocycles. The fourth-order valence-corrected chi connectivity index (χ4v) is 4.18. The number of hydrogen-bond acceptors (Lipinski definition) is 3. The number of rotatable bonds is 5. The lowest BCUT2D eigenvalue weighted by atomic mass is 9.85. The molecule has 0 bridgehead atoms. The fraction of sp³-hybridized carbons (Fsp3) is 0.304. The Morgan fingerprint density at radius 2 is 1.71 bits per heavy atom. The van der Waals surface area contributed by atoms with Crippen LogP contribution >= 0.6 is 11.6 Å². The van der Waals surface area contributed by atoms with Gasteiger partial charge in [-0.05, 0) is 48.2 Å². The average molecular weight is 524 g/mol. The lowest BCUT2D eigenvalue weighted by Gasteiger charge is -2.23. The highest BCUT2D eigenvalue weighted by atomic mass is 35.5. The summed E-state index contributed by atoms with van der Waals surface area (Å²) in [4.78, 5) is 25.0. The van der Waals surface area contributed by atoms with Crippen LogP contribution < -0.4 is 5.32 Å². The minimum absolute atomic E-state index is 0.0409. The maximum absolute atomic E-state index is 13.4. The molecule has 3 rings (SSSR count). The zero-order valence-electron chi connectivity index (χ0n) is 17.8. The Hall–Kier alpha value is -3.08. The van der Waals surface area contributed by atoms with Crippen molar-refractivity contribution in [1.82, 2.24) is 5.32 Å². The zero-order valence-corrected chi connectivity index (χ0v) is 18.6. The number of amides is 1. The average Bonchev–Trinajstić information content (AvgIpc) is 3.21. The van der Waals surface area contributed by atoms with Crippen LogP contribution in [0.2, 0.25) is 5.02 Å². The number of carbonyl (C=O) groups is 2. The summed E-state index contributed by atoms with van der Waals surface area (Å²) in [6.07, 6.45) is -7.23. The number of nitrogens with one attached hydrogen (secondary N) is 1. The number of ether oxygens (including phenoxy) is 1. The largest absolute Gasteiger partial charge is 0.469 e. The van der Waals surface area contributed by atoms with Gasteiger partial charge in [-0.25, -0.2) is 4.39 Å². The number of halogens is 8. The minimum atomic E-state index is -5.21. The number of benzene rings is 2. The molecule has 0 heterocycles. The van der Waals surface area contributed by atoms with Crippen LogP contribution in [0.15, 0.2) is 48.6 Å². The molecule has 0 fully saturated rings. The van der Waals surface area contributed by atoms with E-state index >= 15 is 0 Å². The molecule has 0 aromatic heterocycles. The number of esters is 1. The highest BCUT2D eigenvalue weighted by Gasteiger charge is 2.40. The zero-order chi connectivity index (χ0) is 26.1. The molecular formula is C23H17ClF7NO3. The monoisotopic (exact) mass is 523 g/mol. The van der Waals surface area contributed by atoms with Gasteiger partial charge in [-0.2, -0.15) is 26.3 Å². The van der Waals surface area contributed by atoms with Gasteiger partial charge in [0.25, 0.3) is 5.91 Å². The second kappa shape index (κ2) is 9.88. The van der Waals surface area contributed by atoms with E-state index in [-0.39, 0.29) is 23.1 Å². The normalized spacial score (nSPS) is 18.9. The number of alkyl halides is 6. The number of allylic oxidation sites excluding steroid dienone is 1. The van der Waals surface area contributed by atoms with Crippen molar-refractivity contribution >= 4 is 23.5 Å². The number of carbonyl (C=O) groups excluding carboxylic acids is 2. The Labute approximate surface area is 199 Å². The summed E-state index contributed by atoms with van der Waals surface area (Å²) in [5, 5.41) is 2.29. The molecule has 4 nitrogen and oxygen atoms in total. The molecule has 0 saturated carbocycles. The van der Waals surface area contributed by atoms with Crippen LogP contribution in [-0.2, 0) is 21.9 Å². The number of methoxy groups -OCH3 is 1. The lowest BCUT2D eigenvalue weighted by molar-refractivity contribution is -0.144. The molecule has 2 aromatic rings. The van der Waals surface area contributed by atoms with Crippen LogP contribution in [-0.4, -0.2) is 25.0 Å². The lowest BCUT2D eigenvalue weighted by Crippen LogP contribution is -2.35. The molecule has 0 aliphatic heterocycles. The Kier molecular flexibility index (Phi) is 7.49. The van der Waals surface area contributed by atoms with E-state index in [0.29, 0.717) is 12.1 Å². The fourth-order valence-electron chi connectivity index (χ4n) is 3.89. The van der Waals surface area contributed by atoms with Gasteiger partial charge in [0, 0.05) is 11.1 Å². The van der Waals surface area contributed by atoms with Crippen molar-refractivity contribution in [3.05, 3.63) is 81.6 Å². The van der Waals surface area contributed by atoms with Crippen molar-refractivity contribution < 1.29 is 45.1 Å². The molecule has 1 amide bonds. The molecule has 1 N–H and O–H groups in total. The van der Waals surface area contributed by atoms with E-state index in [1.165, 1.54) is 18.2 Å². The Bertz CT molecular complexity index is 1160. The van der Waals surface area contributed by atoms with Crippen LogP contribution in [0.25, 0.3) is 0 Å². The molecule has 0 unspecified atom stereocenters. The summed E-state index contributed by atoms with van der Waals surface area (Å²) in [5.41, 5.74) is -4.00. The third kappa shape index (κ3) is 5.95. The molecule has 0 spiro atoms. The first kappa shape index (κ1) is 26.5. The standard InChI is InChI=1S/C23H17ClF7NO3/c1-35-21(34)19(16-7-4-13(25)10-18(16)24)11-2-5-14(8-11)32-20(33)15-6-3-12(22(26,27)28)9-17(15)23(29,30)31/h2-7,9-11,14,19H,8H2,1H3,(H,32,33)/t11-,14-,19-/m0/s1. The van der Waals surface area contributed by atoms with Crippen molar-refractivity contribution in [2.75, 3.05) is 7.11 Å². The third-order valence-corrected chi connectivity index (χ3v) is 5.84. The van der Waals surface area contributed by atoms with Gasteiger partial charge in [0.2, 0.25) is 0 Å². The van der Waals surface area contributed by atoms with Gasteiger partial charge in [-0.3, -0.25) is 9.59 Å². The Morgan fingerprint density at radius 1 is 1.03 bits per heavy atom. The summed E-state index contributed by atoms with van der Waals surface area (Å²) in [5.74, 6) is -4.20. The van der Waals surface area contributed by atoms with Gasteiger partial charge in [0.15, 0.2) is 0 Å². The second-order valence-electron chi connectivity index (χ2n) is 7.79. The van der Waals surface area contributed by atoms with E-state index in [1.54, 1.807) is 0 Å². The van der Waals surface area contributed by atoms with Crippen LogP contribution in [0.4, 0.5) is 30.7 Å².